The molecule has 5 nitrogen and oxygen atoms in total. The molecule has 0 radical (unpaired) electrons. The van der Waals surface area contributed by atoms with Gasteiger partial charge in [0.25, 0.3) is 0 Å². The summed E-state index contributed by atoms with van der Waals surface area (Å²) in [5.74, 6) is 0.686. The molecule has 1 aromatic carbocycles. The highest BCUT2D eigenvalue weighted by atomic mass is 32.2. The summed E-state index contributed by atoms with van der Waals surface area (Å²) in [5, 5.41) is 10.1. The average Bonchev–Trinajstić information content (AvgIpc) is 3.04. The minimum atomic E-state index is -0.790. The average molecular weight is 315 g/mol. The molecule has 0 amide bonds. The monoisotopic (exact) mass is 315 g/mol. The van der Waals surface area contributed by atoms with Gasteiger partial charge >= 0.3 is 5.97 Å². The van der Waals surface area contributed by atoms with Crippen molar-refractivity contribution >= 4 is 23.5 Å². The second kappa shape index (κ2) is 6.79. The van der Waals surface area contributed by atoms with E-state index in [-0.39, 0.29) is 0 Å². The van der Waals surface area contributed by atoms with Crippen LogP contribution in [0.4, 0.5) is 5.82 Å². The van der Waals surface area contributed by atoms with Crippen LogP contribution in [0.5, 0.6) is 0 Å². The van der Waals surface area contributed by atoms with Gasteiger partial charge in [-0.1, -0.05) is 30.3 Å². The highest BCUT2D eigenvalue weighted by Gasteiger charge is 2.31. The summed E-state index contributed by atoms with van der Waals surface area (Å²) < 4.78 is 0. The van der Waals surface area contributed by atoms with Crippen molar-refractivity contribution in [3.63, 3.8) is 0 Å². The molecular weight excluding hydrogens is 298 g/mol. The molecule has 1 N–H and O–H groups in total. The molecule has 0 bridgehead atoms. The Bertz CT molecular complexity index is 651. The Balaban J connectivity index is 1.71. The maximum Gasteiger partial charge on any atom is 0.326 e. The third-order valence-electron chi connectivity index (χ3n) is 3.66. The number of benzene rings is 1. The number of carbonyl (C=O) groups is 1. The van der Waals surface area contributed by atoms with Crippen molar-refractivity contribution in [3.05, 3.63) is 48.3 Å². The van der Waals surface area contributed by atoms with Crippen molar-refractivity contribution < 1.29 is 9.90 Å². The molecule has 2 aromatic rings. The molecule has 1 fully saturated rings. The highest BCUT2D eigenvalue weighted by molar-refractivity contribution is 7.98. The van der Waals surface area contributed by atoms with Gasteiger partial charge in [0.1, 0.15) is 16.9 Å². The molecule has 2 heterocycles. The third kappa shape index (κ3) is 3.39. The number of aromatic nitrogens is 2. The lowest BCUT2D eigenvalue weighted by molar-refractivity contribution is -0.138. The predicted molar refractivity (Wildman–Crippen MR) is 86.0 cm³/mol. The standard InChI is InChI=1S/C16H17N3O2S/c20-16(21)13-7-4-8-19(13)14-9-17-10-15(18-14)22-11-12-5-2-1-3-6-12/h1-3,5-6,9-10,13H,4,7-8,11H2,(H,20,21)/t13-/m1/s1. The summed E-state index contributed by atoms with van der Waals surface area (Å²) in [6.07, 6.45) is 4.91. The smallest absolute Gasteiger partial charge is 0.326 e. The Kier molecular flexibility index (Phi) is 4.58. The first-order valence-electron chi connectivity index (χ1n) is 7.22. The number of hydrogen-bond acceptors (Lipinski definition) is 5. The van der Waals surface area contributed by atoms with Gasteiger partial charge < -0.3 is 10.0 Å². The summed E-state index contributed by atoms with van der Waals surface area (Å²) in [4.78, 5) is 21.9. The molecule has 0 aliphatic carbocycles. The van der Waals surface area contributed by atoms with Gasteiger partial charge in [0.05, 0.1) is 12.4 Å². The van der Waals surface area contributed by atoms with E-state index in [1.807, 2.05) is 23.1 Å². The highest BCUT2D eigenvalue weighted by Crippen LogP contribution is 2.26. The number of thioether (sulfide) groups is 1. The largest absolute Gasteiger partial charge is 0.480 e. The molecule has 114 valence electrons. The van der Waals surface area contributed by atoms with Gasteiger partial charge in [-0.15, -0.1) is 11.8 Å². The van der Waals surface area contributed by atoms with Crippen LogP contribution in [0.25, 0.3) is 0 Å². The summed E-state index contributed by atoms with van der Waals surface area (Å²) in [6, 6.07) is 9.69. The number of rotatable bonds is 5. The minimum Gasteiger partial charge on any atom is -0.480 e. The normalized spacial score (nSPS) is 17.6. The predicted octanol–water partition coefficient (Wildman–Crippen LogP) is 2.82. The number of carboxylic acids is 1. The minimum absolute atomic E-state index is 0.483. The van der Waals surface area contributed by atoms with Crippen molar-refractivity contribution in [2.45, 2.75) is 29.7 Å². The van der Waals surface area contributed by atoms with E-state index in [1.54, 1.807) is 24.2 Å². The van der Waals surface area contributed by atoms with Gasteiger partial charge in [-0.05, 0) is 18.4 Å². The van der Waals surface area contributed by atoms with Crippen LogP contribution < -0.4 is 4.90 Å². The first kappa shape index (κ1) is 14.8. The van der Waals surface area contributed by atoms with Gasteiger partial charge in [-0.2, -0.15) is 0 Å². The lowest BCUT2D eigenvalue weighted by Gasteiger charge is -2.22. The maximum absolute atomic E-state index is 11.3. The van der Waals surface area contributed by atoms with Crippen LogP contribution in [-0.2, 0) is 10.5 Å². The Morgan fingerprint density at radius 1 is 1.32 bits per heavy atom. The van der Waals surface area contributed by atoms with E-state index in [2.05, 4.69) is 22.1 Å². The summed E-state index contributed by atoms with van der Waals surface area (Å²) >= 11 is 1.61. The van der Waals surface area contributed by atoms with Crippen LogP contribution in [0.3, 0.4) is 0 Å². The van der Waals surface area contributed by atoms with Gasteiger partial charge in [0, 0.05) is 12.3 Å². The summed E-state index contributed by atoms with van der Waals surface area (Å²) in [6.45, 7) is 0.721. The fraction of sp³-hybridized carbons (Fsp3) is 0.312. The quantitative estimate of drug-likeness (QED) is 0.856. The lowest BCUT2D eigenvalue weighted by Crippen LogP contribution is -2.36. The van der Waals surface area contributed by atoms with E-state index in [9.17, 15) is 9.90 Å². The third-order valence-corrected chi connectivity index (χ3v) is 4.63. The van der Waals surface area contributed by atoms with Crippen molar-refractivity contribution in [1.82, 2.24) is 9.97 Å². The van der Waals surface area contributed by atoms with Crippen molar-refractivity contribution in [2.24, 2.45) is 0 Å². The van der Waals surface area contributed by atoms with E-state index in [0.717, 1.165) is 23.7 Å². The second-order valence-electron chi connectivity index (χ2n) is 5.18. The number of hydrogen-bond donors (Lipinski definition) is 1. The summed E-state index contributed by atoms with van der Waals surface area (Å²) in [7, 11) is 0. The SMILES string of the molecule is O=C(O)[C@H]1CCCN1c1cncc(SCc2ccccc2)n1. The molecule has 1 saturated heterocycles. The van der Waals surface area contributed by atoms with Crippen LogP contribution in [0.1, 0.15) is 18.4 Å². The Hall–Kier alpha value is -2.08. The summed E-state index contributed by atoms with van der Waals surface area (Å²) in [5.41, 5.74) is 1.23. The maximum atomic E-state index is 11.3. The molecule has 1 atom stereocenters. The zero-order valence-corrected chi connectivity index (χ0v) is 12.9. The Labute approximate surface area is 133 Å². The van der Waals surface area contributed by atoms with Crippen molar-refractivity contribution in [2.75, 3.05) is 11.4 Å². The van der Waals surface area contributed by atoms with Gasteiger partial charge in [-0.25, -0.2) is 9.78 Å². The molecule has 0 saturated carbocycles. The zero-order valence-electron chi connectivity index (χ0n) is 12.1. The van der Waals surface area contributed by atoms with Crippen molar-refractivity contribution in [1.29, 1.82) is 0 Å². The van der Waals surface area contributed by atoms with E-state index in [1.165, 1.54) is 5.56 Å². The van der Waals surface area contributed by atoms with E-state index in [0.29, 0.717) is 12.2 Å². The van der Waals surface area contributed by atoms with Gasteiger partial charge in [-0.3, -0.25) is 4.98 Å². The van der Waals surface area contributed by atoms with Gasteiger partial charge in [0.2, 0.25) is 0 Å². The Morgan fingerprint density at radius 3 is 2.91 bits per heavy atom. The Morgan fingerprint density at radius 2 is 2.14 bits per heavy atom. The molecule has 0 unspecified atom stereocenters. The van der Waals surface area contributed by atoms with Crippen LogP contribution in [0, 0.1) is 0 Å². The lowest BCUT2D eigenvalue weighted by atomic mass is 10.2. The molecule has 1 aromatic heterocycles. The molecule has 1 aliphatic rings. The number of carboxylic acid groups (broad SMARTS) is 1. The molecule has 6 heteroatoms. The van der Waals surface area contributed by atoms with Crippen molar-refractivity contribution in [3.8, 4) is 0 Å². The van der Waals surface area contributed by atoms with Gasteiger partial charge in [0.15, 0.2) is 0 Å². The second-order valence-corrected chi connectivity index (χ2v) is 6.18. The van der Waals surface area contributed by atoms with Crippen LogP contribution in [0.2, 0.25) is 0 Å². The molecule has 22 heavy (non-hydrogen) atoms. The molecule has 0 spiro atoms. The van der Waals surface area contributed by atoms with Crippen LogP contribution >= 0.6 is 11.8 Å². The number of anilines is 1. The zero-order chi connectivity index (χ0) is 15.4. The van der Waals surface area contributed by atoms with E-state index >= 15 is 0 Å². The molecular formula is C16H17N3O2S. The van der Waals surface area contributed by atoms with Crippen LogP contribution in [-0.4, -0.2) is 33.6 Å². The fourth-order valence-electron chi connectivity index (χ4n) is 2.58. The topological polar surface area (TPSA) is 66.3 Å². The molecule has 3 rings (SSSR count). The van der Waals surface area contributed by atoms with E-state index in [4.69, 9.17) is 0 Å². The first-order chi connectivity index (χ1) is 10.7. The van der Waals surface area contributed by atoms with E-state index < -0.39 is 12.0 Å². The fourth-order valence-corrected chi connectivity index (χ4v) is 3.38. The molecule has 1 aliphatic heterocycles. The number of aliphatic carboxylic acids is 1. The first-order valence-corrected chi connectivity index (χ1v) is 8.21. The number of nitrogens with zero attached hydrogens (tertiary/aromatic N) is 3. The van der Waals surface area contributed by atoms with Crippen LogP contribution in [0.15, 0.2) is 47.8 Å².